The summed E-state index contributed by atoms with van der Waals surface area (Å²) in [6.07, 6.45) is 0. The van der Waals surface area contributed by atoms with E-state index in [1.807, 2.05) is 13.8 Å². The van der Waals surface area contributed by atoms with Gasteiger partial charge in [-0.3, -0.25) is 9.59 Å². The van der Waals surface area contributed by atoms with Crippen LogP contribution < -0.4 is 0 Å². The van der Waals surface area contributed by atoms with E-state index in [9.17, 15) is 9.59 Å². The summed E-state index contributed by atoms with van der Waals surface area (Å²) in [6, 6.07) is 0. The second-order valence-electron chi connectivity index (χ2n) is 3.07. The van der Waals surface area contributed by atoms with Crippen molar-refractivity contribution in [3.63, 3.8) is 0 Å². The zero-order valence-corrected chi connectivity index (χ0v) is 9.09. The number of likely N-dealkylation sites (N-methyl/N-ethyl adjacent to an activating group) is 1. The van der Waals surface area contributed by atoms with Crippen molar-refractivity contribution in [1.29, 1.82) is 0 Å². The minimum atomic E-state index is -0.359. The summed E-state index contributed by atoms with van der Waals surface area (Å²) in [5.74, 6) is -0.662. The molecule has 0 unspecified atom stereocenters. The maximum absolute atomic E-state index is 11.6. The number of carbonyl (C=O) groups is 2. The predicted octanol–water partition coefficient (Wildman–Crippen LogP) is 1.56. The molecule has 0 aliphatic rings. The van der Waals surface area contributed by atoms with Crippen LogP contribution in [0.1, 0.15) is 20.8 Å². The van der Waals surface area contributed by atoms with Gasteiger partial charge in [-0.2, -0.15) is 0 Å². The van der Waals surface area contributed by atoms with E-state index in [4.69, 9.17) is 0 Å². The average Bonchev–Trinajstić information content (AvgIpc) is 2.17. The lowest BCUT2D eigenvalue weighted by Crippen LogP contribution is -2.33. The van der Waals surface area contributed by atoms with Crippen LogP contribution in [0.4, 0.5) is 0 Å². The van der Waals surface area contributed by atoms with Crippen molar-refractivity contribution in [3.8, 4) is 0 Å². The predicted molar refractivity (Wildman–Crippen MR) is 56.9 cm³/mol. The molecule has 0 radical (unpaired) electrons. The van der Waals surface area contributed by atoms with Crippen molar-refractivity contribution < 1.29 is 9.59 Å². The highest BCUT2D eigenvalue weighted by molar-refractivity contribution is 6.24. The maximum Gasteiger partial charge on any atom is 0.257 e. The zero-order chi connectivity index (χ0) is 11.3. The Morgan fingerprint density at radius 2 is 1.57 bits per heavy atom. The summed E-state index contributed by atoms with van der Waals surface area (Å²) in [6.45, 7) is 13.4. The summed E-state index contributed by atoms with van der Waals surface area (Å²) in [5.41, 5.74) is 0.344. The minimum absolute atomic E-state index is 0.00111. The molecule has 0 atom stereocenters. The molecule has 0 saturated carbocycles. The van der Waals surface area contributed by atoms with Crippen LogP contribution in [-0.2, 0) is 9.59 Å². The van der Waals surface area contributed by atoms with Gasteiger partial charge in [0, 0.05) is 13.1 Å². The van der Waals surface area contributed by atoms with E-state index in [1.54, 1.807) is 11.8 Å². The quantitative estimate of drug-likeness (QED) is 0.379. The first-order chi connectivity index (χ1) is 6.45. The third kappa shape index (κ3) is 2.83. The molecule has 0 aliphatic heterocycles. The van der Waals surface area contributed by atoms with Crippen molar-refractivity contribution in [2.45, 2.75) is 20.8 Å². The van der Waals surface area contributed by atoms with Gasteiger partial charge >= 0.3 is 0 Å². The molecule has 1 amide bonds. The van der Waals surface area contributed by atoms with E-state index in [0.717, 1.165) is 0 Å². The summed E-state index contributed by atoms with van der Waals surface area (Å²) >= 11 is 0. The lowest BCUT2D eigenvalue weighted by molar-refractivity contribution is -0.128. The van der Waals surface area contributed by atoms with Gasteiger partial charge in [0.25, 0.3) is 5.91 Å². The number of rotatable bonds is 5. The number of nitrogens with zero attached hydrogens (tertiary/aromatic N) is 1. The van der Waals surface area contributed by atoms with Crippen molar-refractivity contribution in [2.24, 2.45) is 0 Å². The second-order valence-corrected chi connectivity index (χ2v) is 3.07. The number of hydrogen-bond donors (Lipinski definition) is 0. The van der Waals surface area contributed by atoms with Gasteiger partial charge in [-0.25, -0.2) is 0 Å². The molecule has 3 heteroatoms. The van der Waals surface area contributed by atoms with E-state index in [-0.39, 0.29) is 17.3 Å². The van der Waals surface area contributed by atoms with Gasteiger partial charge in [-0.05, 0) is 26.3 Å². The van der Waals surface area contributed by atoms with Gasteiger partial charge in [0.1, 0.15) is 0 Å². The van der Waals surface area contributed by atoms with E-state index in [0.29, 0.717) is 18.7 Å². The summed E-state index contributed by atoms with van der Waals surface area (Å²) in [4.78, 5) is 24.5. The zero-order valence-electron chi connectivity index (χ0n) is 9.09. The fraction of sp³-hybridized carbons (Fsp3) is 0.455. The van der Waals surface area contributed by atoms with Gasteiger partial charge in [0.05, 0.1) is 5.57 Å². The minimum Gasteiger partial charge on any atom is -0.339 e. The number of hydrogen-bond acceptors (Lipinski definition) is 2. The van der Waals surface area contributed by atoms with Crippen LogP contribution in [0.15, 0.2) is 24.3 Å². The van der Waals surface area contributed by atoms with Crippen molar-refractivity contribution in [3.05, 3.63) is 24.3 Å². The van der Waals surface area contributed by atoms with Gasteiger partial charge in [0.2, 0.25) is 0 Å². The third-order valence-electron chi connectivity index (χ3n) is 1.97. The average molecular weight is 195 g/mol. The Balaban J connectivity index is 4.62. The van der Waals surface area contributed by atoms with Crippen LogP contribution in [0, 0.1) is 0 Å². The Kier molecular flexibility index (Phi) is 4.84. The SMILES string of the molecule is C=C(C)C(=O)C(=C)C(=O)N(CC)CC. The van der Waals surface area contributed by atoms with Gasteiger partial charge in [-0.1, -0.05) is 13.2 Å². The Morgan fingerprint density at radius 1 is 1.14 bits per heavy atom. The molecule has 14 heavy (non-hydrogen) atoms. The molecule has 0 fully saturated rings. The molecule has 3 nitrogen and oxygen atoms in total. The first-order valence-electron chi connectivity index (χ1n) is 4.64. The number of allylic oxidation sites excluding steroid dienone is 1. The molecule has 0 aliphatic carbocycles. The smallest absolute Gasteiger partial charge is 0.257 e. The van der Waals surface area contributed by atoms with Crippen molar-refractivity contribution >= 4 is 11.7 Å². The normalized spacial score (nSPS) is 9.36. The number of Topliss-reactive ketones (excluding diaryl/α,β-unsaturated/α-hetero) is 1. The highest BCUT2D eigenvalue weighted by Gasteiger charge is 2.19. The fourth-order valence-electron chi connectivity index (χ4n) is 1.06. The third-order valence-corrected chi connectivity index (χ3v) is 1.97. The van der Waals surface area contributed by atoms with E-state index >= 15 is 0 Å². The van der Waals surface area contributed by atoms with Crippen LogP contribution in [-0.4, -0.2) is 29.7 Å². The van der Waals surface area contributed by atoms with Crippen molar-refractivity contribution in [1.82, 2.24) is 4.90 Å². The molecular weight excluding hydrogens is 178 g/mol. The highest BCUT2D eigenvalue weighted by atomic mass is 16.2. The topological polar surface area (TPSA) is 37.4 Å². The number of ketones is 1. The lowest BCUT2D eigenvalue weighted by Gasteiger charge is -2.19. The lowest BCUT2D eigenvalue weighted by atomic mass is 10.1. The van der Waals surface area contributed by atoms with Crippen LogP contribution in [0.25, 0.3) is 0 Å². The van der Waals surface area contributed by atoms with E-state index in [1.165, 1.54) is 0 Å². The molecule has 0 aromatic rings. The van der Waals surface area contributed by atoms with Gasteiger partial charge in [-0.15, -0.1) is 0 Å². The molecule has 0 aromatic carbocycles. The Bertz CT molecular complexity index is 275. The molecule has 0 rings (SSSR count). The summed E-state index contributed by atoms with van der Waals surface area (Å²) in [5, 5.41) is 0. The van der Waals surface area contributed by atoms with E-state index in [2.05, 4.69) is 13.2 Å². The first kappa shape index (κ1) is 12.6. The van der Waals surface area contributed by atoms with Gasteiger partial charge in [0.15, 0.2) is 5.78 Å². The highest BCUT2D eigenvalue weighted by Crippen LogP contribution is 2.05. The molecular formula is C11H17NO2. The van der Waals surface area contributed by atoms with Crippen molar-refractivity contribution in [2.75, 3.05) is 13.1 Å². The Morgan fingerprint density at radius 3 is 1.86 bits per heavy atom. The monoisotopic (exact) mass is 195 g/mol. The van der Waals surface area contributed by atoms with Gasteiger partial charge < -0.3 is 4.90 Å². The maximum atomic E-state index is 11.6. The summed E-state index contributed by atoms with van der Waals surface area (Å²) in [7, 11) is 0. The number of amides is 1. The molecule has 0 bridgehead atoms. The molecule has 0 heterocycles. The van der Waals surface area contributed by atoms with Crippen LogP contribution in [0.3, 0.4) is 0 Å². The molecule has 78 valence electrons. The van der Waals surface area contributed by atoms with Crippen LogP contribution >= 0.6 is 0 Å². The standard InChI is InChI=1S/C11H17NO2/c1-6-12(7-2)11(14)9(5)10(13)8(3)4/h3,5-7H2,1-2,4H3. The second kappa shape index (κ2) is 5.37. The van der Waals surface area contributed by atoms with Crippen LogP contribution in [0.5, 0.6) is 0 Å². The number of carbonyl (C=O) groups excluding carboxylic acids is 2. The fourth-order valence-corrected chi connectivity index (χ4v) is 1.06. The molecule has 0 spiro atoms. The largest absolute Gasteiger partial charge is 0.339 e. The molecule has 0 saturated heterocycles. The Hall–Kier alpha value is -1.38. The first-order valence-corrected chi connectivity index (χ1v) is 4.64. The molecule has 0 aromatic heterocycles. The molecule has 0 N–H and O–H groups in total. The Labute approximate surface area is 85.1 Å². The summed E-state index contributed by atoms with van der Waals surface area (Å²) < 4.78 is 0. The van der Waals surface area contributed by atoms with E-state index < -0.39 is 0 Å². The van der Waals surface area contributed by atoms with Crippen LogP contribution in [0.2, 0.25) is 0 Å².